The van der Waals surface area contributed by atoms with Crippen molar-refractivity contribution in [3.05, 3.63) is 86.5 Å². The van der Waals surface area contributed by atoms with Gasteiger partial charge in [-0.25, -0.2) is 4.98 Å². The monoisotopic (exact) mass is 487 g/mol. The molecule has 1 amide bonds. The number of nitrogens with zero attached hydrogens (tertiary/aromatic N) is 2. The summed E-state index contributed by atoms with van der Waals surface area (Å²) in [7, 11) is 0. The summed E-state index contributed by atoms with van der Waals surface area (Å²) < 4.78 is 1.71. The third-order valence-electron chi connectivity index (χ3n) is 6.49. The number of thioether (sulfide) groups is 1. The van der Waals surface area contributed by atoms with Crippen LogP contribution in [0.15, 0.2) is 64.5 Å². The molecule has 2 aliphatic carbocycles. The third-order valence-corrected chi connectivity index (χ3v) is 8.88. The minimum atomic E-state index is -0.491. The molecule has 0 saturated heterocycles. The van der Waals surface area contributed by atoms with Gasteiger partial charge in [-0.05, 0) is 62.3 Å². The van der Waals surface area contributed by atoms with Crippen LogP contribution in [-0.4, -0.2) is 21.5 Å². The van der Waals surface area contributed by atoms with Gasteiger partial charge in [0.2, 0.25) is 5.91 Å². The molecule has 1 unspecified atom stereocenters. The van der Waals surface area contributed by atoms with Gasteiger partial charge in [0.15, 0.2) is 5.16 Å². The van der Waals surface area contributed by atoms with Crippen molar-refractivity contribution in [2.24, 2.45) is 0 Å². The van der Waals surface area contributed by atoms with Crippen molar-refractivity contribution in [3.8, 4) is 5.69 Å². The van der Waals surface area contributed by atoms with Crippen LogP contribution in [0.2, 0.25) is 0 Å². The first-order valence-corrected chi connectivity index (χ1v) is 13.4. The highest BCUT2D eigenvalue weighted by atomic mass is 32.2. The quantitative estimate of drug-likeness (QED) is 0.294. The molecule has 172 valence electrons. The number of aromatic nitrogens is 2. The van der Waals surface area contributed by atoms with Gasteiger partial charge in [-0.15, -0.1) is 11.3 Å². The lowest BCUT2D eigenvalue weighted by molar-refractivity contribution is -0.120. The van der Waals surface area contributed by atoms with Crippen LogP contribution in [0.1, 0.15) is 46.1 Å². The van der Waals surface area contributed by atoms with Gasteiger partial charge in [-0.3, -0.25) is 14.2 Å². The Morgan fingerprint density at radius 1 is 1.12 bits per heavy atom. The lowest BCUT2D eigenvalue weighted by Gasteiger charge is -2.19. The summed E-state index contributed by atoms with van der Waals surface area (Å²) >= 11 is 3.00. The Morgan fingerprint density at radius 3 is 2.62 bits per heavy atom. The minimum absolute atomic E-state index is 0.0304. The van der Waals surface area contributed by atoms with Crippen molar-refractivity contribution >= 4 is 39.2 Å². The van der Waals surface area contributed by atoms with Crippen molar-refractivity contribution in [2.45, 2.75) is 55.5 Å². The summed E-state index contributed by atoms with van der Waals surface area (Å²) in [5, 5.41) is 3.97. The average Bonchev–Trinajstić information content (AvgIpc) is 3.41. The largest absolute Gasteiger partial charge is 0.352 e. The fourth-order valence-corrected chi connectivity index (χ4v) is 6.96. The van der Waals surface area contributed by atoms with Crippen LogP contribution in [0.25, 0.3) is 15.9 Å². The maximum atomic E-state index is 13.9. The molecular formula is C27H25N3O2S2. The number of thiophene rings is 1. The average molecular weight is 488 g/mol. The van der Waals surface area contributed by atoms with Crippen molar-refractivity contribution in [3.63, 3.8) is 0 Å². The molecule has 0 bridgehead atoms. The maximum Gasteiger partial charge on any atom is 0.267 e. The third kappa shape index (κ3) is 3.97. The topological polar surface area (TPSA) is 64.0 Å². The molecule has 6 rings (SSSR count). The number of rotatable bonds is 6. The van der Waals surface area contributed by atoms with Gasteiger partial charge >= 0.3 is 0 Å². The number of carbonyl (C=O) groups is 1. The first-order chi connectivity index (χ1) is 16.6. The summed E-state index contributed by atoms with van der Waals surface area (Å²) in [4.78, 5) is 34.3. The molecule has 2 aliphatic rings. The molecular weight excluding hydrogens is 462 g/mol. The number of aryl methyl sites for hydroxylation is 3. The molecule has 0 radical (unpaired) electrons. The van der Waals surface area contributed by atoms with Gasteiger partial charge < -0.3 is 5.32 Å². The Morgan fingerprint density at radius 2 is 1.88 bits per heavy atom. The van der Waals surface area contributed by atoms with Crippen molar-refractivity contribution in [2.75, 3.05) is 0 Å². The van der Waals surface area contributed by atoms with Gasteiger partial charge in [-0.1, -0.05) is 59.8 Å². The molecule has 2 heterocycles. The fraction of sp³-hybridized carbons (Fsp3) is 0.296. The predicted molar refractivity (Wildman–Crippen MR) is 138 cm³/mol. The number of nitrogens with one attached hydrogen (secondary N) is 1. The second-order valence-electron chi connectivity index (χ2n) is 9.10. The van der Waals surface area contributed by atoms with Crippen molar-refractivity contribution in [1.82, 2.24) is 14.9 Å². The molecule has 1 fully saturated rings. The zero-order chi connectivity index (χ0) is 23.2. The van der Waals surface area contributed by atoms with E-state index in [2.05, 4.69) is 5.32 Å². The van der Waals surface area contributed by atoms with Gasteiger partial charge in [0, 0.05) is 10.9 Å². The number of carbonyl (C=O) groups excluding carboxylic acids is 1. The normalized spacial score (nSPS) is 15.9. The van der Waals surface area contributed by atoms with Crippen molar-refractivity contribution < 1.29 is 4.79 Å². The zero-order valence-electron chi connectivity index (χ0n) is 18.9. The summed E-state index contributed by atoms with van der Waals surface area (Å²) in [6.07, 6.45) is 5.09. The highest BCUT2D eigenvalue weighted by Crippen LogP contribution is 2.40. The summed E-state index contributed by atoms with van der Waals surface area (Å²) in [5.41, 5.74) is 3.94. The summed E-state index contributed by atoms with van der Waals surface area (Å²) in [6, 6.07) is 18.0. The van der Waals surface area contributed by atoms with Crippen LogP contribution in [-0.2, 0) is 17.6 Å². The SMILES string of the molecule is Cc1ccc(-n2c(SC(C(=O)NC3CC3)c3ccccc3)nc3sc4c(c3c2=O)CCC4)cc1. The van der Waals surface area contributed by atoms with Crippen molar-refractivity contribution in [1.29, 1.82) is 0 Å². The number of fused-ring (bicyclic) bond motifs is 3. The highest BCUT2D eigenvalue weighted by molar-refractivity contribution is 8.00. The molecule has 5 nitrogen and oxygen atoms in total. The van der Waals surface area contributed by atoms with E-state index in [9.17, 15) is 9.59 Å². The zero-order valence-corrected chi connectivity index (χ0v) is 20.5. The Kier molecular flexibility index (Phi) is 5.54. The predicted octanol–water partition coefficient (Wildman–Crippen LogP) is 5.36. The molecule has 34 heavy (non-hydrogen) atoms. The van der Waals surface area contributed by atoms with Crippen LogP contribution in [0.4, 0.5) is 0 Å². The Balaban J connectivity index is 1.51. The van der Waals surface area contributed by atoms with E-state index < -0.39 is 5.25 Å². The molecule has 0 aliphatic heterocycles. The van der Waals surface area contributed by atoms with E-state index in [1.54, 1.807) is 15.9 Å². The van der Waals surface area contributed by atoms with E-state index in [0.717, 1.165) is 59.1 Å². The van der Waals surface area contributed by atoms with E-state index in [0.29, 0.717) is 5.16 Å². The van der Waals surface area contributed by atoms with E-state index in [4.69, 9.17) is 4.98 Å². The van der Waals surface area contributed by atoms with Gasteiger partial charge in [0.05, 0.1) is 11.1 Å². The van der Waals surface area contributed by atoms with Crippen LogP contribution >= 0.6 is 23.1 Å². The Bertz CT molecular complexity index is 1440. The van der Waals surface area contributed by atoms with Crippen LogP contribution in [0.5, 0.6) is 0 Å². The standard InChI is InChI=1S/C27H25N3O2S2/c1-16-10-14-19(15-11-16)30-26(32)22-20-8-5-9-21(20)33-25(22)29-27(30)34-23(17-6-3-2-4-7-17)24(31)28-18-12-13-18/h2-4,6-7,10-11,14-15,18,23H,5,8-9,12-13H2,1H3,(H,28,31). The molecule has 1 saturated carbocycles. The highest BCUT2D eigenvalue weighted by Gasteiger charge is 2.31. The molecule has 4 aromatic rings. The Hall–Kier alpha value is -2.90. The first-order valence-electron chi connectivity index (χ1n) is 11.7. The van der Waals surface area contributed by atoms with E-state index in [1.165, 1.54) is 22.2 Å². The smallest absolute Gasteiger partial charge is 0.267 e. The fourth-order valence-electron chi connectivity index (χ4n) is 4.54. The van der Waals surface area contributed by atoms with E-state index in [-0.39, 0.29) is 17.5 Å². The van der Waals surface area contributed by atoms with E-state index in [1.807, 2.05) is 61.5 Å². The first kappa shape index (κ1) is 21.6. The van der Waals surface area contributed by atoms with Crippen LogP contribution in [0.3, 0.4) is 0 Å². The maximum absolute atomic E-state index is 13.9. The summed E-state index contributed by atoms with van der Waals surface area (Å²) in [6.45, 7) is 2.03. The number of amides is 1. The Labute approximate surface area is 206 Å². The molecule has 2 aromatic carbocycles. The second kappa shape index (κ2) is 8.71. The van der Waals surface area contributed by atoms with E-state index >= 15 is 0 Å². The molecule has 1 atom stereocenters. The van der Waals surface area contributed by atoms with Gasteiger partial charge in [0.1, 0.15) is 10.1 Å². The number of hydrogen-bond acceptors (Lipinski definition) is 5. The molecule has 7 heteroatoms. The second-order valence-corrected chi connectivity index (χ2v) is 11.3. The number of benzene rings is 2. The lowest BCUT2D eigenvalue weighted by atomic mass is 10.1. The minimum Gasteiger partial charge on any atom is -0.352 e. The van der Waals surface area contributed by atoms with Gasteiger partial charge in [-0.2, -0.15) is 0 Å². The summed E-state index contributed by atoms with van der Waals surface area (Å²) in [5.74, 6) is -0.0304. The lowest BCUT2D eigenvalue weighted by Crippen LogP contribution is -2.30. The molecule has 2 aromatic heterocycles. The molecule has 1 N–H and O–H groups in total. The van der Waals surface area contributed by atoms with Crippen LogP contribution < -0.4 is 10.9 Å². The van der Waals surface area contributed by atoms with Gasteiger partial charge in [0.25, 0.3) is 5.56 Å². The van der Waals surface area contributed by atoms with Crippen LogP contribution in [0, 0.1) is 6.92 Å². The number of hydrogen-bond donors (Lipinski definition) is 1. The molecule has 0 spiro atoms.